The molecule has 0 bridgehead atoms. The van der Waals surface area contributed by atoms with Crippen LogP contribution in [0.15, 0.2) is 28.7 Å². The van der Waals surface area contributed by atoms with Gasteiger partial charge in [-0.15, -0.1) is 0 Å². The van der Waals surface area contributed by atoms with Crippen LogP contribution in [0.4, 0.5) is 4.79 Å². The first-order valence-electron chi connectivity index (χ1n) is 9.63. The second kappa shape index (κ2) is 11.9. The van der Waals surface area contributed by atoms with Crippen LogP contribution in [-0.4, -0.2) is 49.4 Å². The first-order chi connectivity index (χ1) is 13.9. The third-order valence-corrected chi connectivity index (χ3v) is 4.42. The maximum atomic E-state index is 12.8. The molecule has 168 valence electrons. The number of carbonyl (C=O) groups excluding carboxylic acids is 3. The Kier molecular flexibility index (Phi) is 10.3. The molecular weight excluding hydrogens is 456 g/mol. The van der Waals surface area contributed by atoms with Crippen molar-refractivity contribution in [2.24, 2.45) is 5.92 Å². The first-order valence-corrected chi connectivity index (χ1v) is 10.4. The van der Waals surface area contributed by atoms with Gasteiger partial charge >= 0.3 is 12.1 Å². The van der Waals surface area contributed by atoms with Gasteiger partial charge in [-0.05, 0) is 44.4 Å². The van der Waals surface area contributed by atoms with Crippen molar-refractivity contribution in [1.29, 1.82) is 0 Å². The van der Waals surface area contributed by atoms with Crippen LogP contribution in [0.5, 0.6) is 0 Å². The number of amides is 2. The zero-order valence-corrected chi connectivity index (χ0v) is 19.9. The minimum atomic E-state index is -1.05. The van der Waals surface area contributed by atoms with Crippen LogP contribution < -0.4 is 10.6 Å². The maximum Gasteiger partial charge on any atom is 0.408 e. The highest BCUT2D eigenvalue weighted by Crippen LogP contribution is 2.12. The Balaban J connectivity index is 2.84. The topological polar surface area (TPSA) is 103 Å². The molecule has 8 nitrogen and oxygen atoms in total. The van der Waals surface area contributed by atoms with Crippen molar-refractivity contribution in [2.75, 3.05) is 13.7 Å². The highest BCUT2D eigenvalue weighted by atomic mass is 79.9. The second-order valence-electron chi connectivity index (χ2n) is 8.09. The zero-order valence-electron chi connectivity index (χ0n) is 18.3. The fraction of sp³-hybridized carbons (Fsp3) is 0.571. The molecule has 1 aromatic carbocycles. The van der Waals surface area contributed by atoms with Crippen LogP contribution in [0.1, 0.15) is 40.2 Å². The molecule has 0 aliphatic rings. The summed E-state index contributed by atoms with van der Waals surface area (Å²) in [5, 5.41) is 5.13. The standard InChI is InChI=1S/C21H31BrN2O6/c1-13(2)17(19(26)28-6)24-18(25)16(23-20(27)30-21(3,4)5)12-29-11-14-7-9-15(22)10-8-14/h7-10,13,16-17H,11-12H2,1-6H3,(H,23,27)(H,24,25)/t16-,17+/m0/s1. The van der Waals surface area contributed by atoms with Gasteiger partial charge in [-0.1, -0.05) is 41.9 Å². The van der Waals surface area contributed by atoms with E-state index in [0.29, 0.717) is 0 Å². The Morgan fingerprint density at radius 3 is 2.17 bits per heavy atom. The molecule has 9 heteroatoms. The number of benzene rings is 1. The van der Waals surface area contributed by atoms with E-state index >= 15 is 0 Å². The summed E-state index contributed by atoms with van der Waals surface area (Å²) in [6.45, 7) is 8.86. The third-order valence-electron chi connectivity index (χ3n) is 3.89. The van der Waals surface area contributed by atoms with Gasteiger partial charge in [0, 0.05) is 4.47 Å². The van der Waals surface area contributed by atoms with Crippen LogP contribution in [0.25, 0.3) is 0 Å². The second-order valence-corrected chi connectivity index (χ2v) is 9.01. The smallest absolute Gasteiger partial charge is 0.408 e. The van der Waals surface area contributed by atoms with Crippen LogP contribution >= 0.6 is 15.9 Å². The van der Waals surface area contributed by atoms with E-state index < -0.39 is 35.7 Å². The Morgan fingerprint density at radius 1 is 1.07 bits per heavy atom. The SMILES string of the molecule is COC(=O)[C@H](NC(=O)[C@H](COCc1ccc(Br)cc1)NC(=O)OC(C)(C)C)C(C)C. The molecule has 2 amide bonds. The monoisotopic (exact) mass is 486 g/mol. The Bertz CT molecular complexity index is 715. The number of ether oxygens (including phenoxy) is 3. The van der Waals surface area contributed by atoms with E-state index in [1.54, 1.807) is 34.6 Å². The normalized spacial score (nSPS) is 13.3. The lowest BCUT2D eigenvalue weighted by Gasteiger charge is -2.25. The maximum absolute atomic E-state index is 12.8. The van der Waals surface area contributed by atoms with Gasteiger partial charge in [0.25, 0.3) is 0 Å². The first kappa shape index (κ1) is 25.9. The summed E-state index contributed by atoms with van der Waals surface area (Å²) >= 11 is 3.37. The molecule has 1 rings (SSSR count). The highest BCUT2D eigenvalue weighted by Gasteiger charge is 2.30. The quantitative estimate of drug-likeness (QED) is 0.519. The minimum absolute atomic E-state index is 0.104. The van der Waals surface area contributed by atoms with Gasteiger partial charge in [-0.3, -0.25) is 4.79 Å². The number of rotatable bonds is 9. The molecule has 2 N–H and O–H groups in total. The van der Waals surface area contributed by atoms with Gasteiger partial charge in [0.1, 0.15) is 17.7 Å². The molecular formula is C21H31BrN2O6. The van der Waals surface area contributed by atoms with E-state index in [-0.39, 0.29) is 19.1 Å². The van der Waals surface area contributed by atoms with Gasteiger partial charge in [0.15, 0.2) is 0 Å². The van der Waals surface area contributed by atoms with Gasteiger partial charge < -0.3 is 24.8 Å². The zero-order chi connectivity index (χ0) is 22.9. The lowest BCUT2D eigenvalue weighted by atomic mass is 10.0. The molecule has 0 saturated heterocycles. The van der Waals surface area contributed by atoms with E-state index in [1.807, 2.05) is 24.3 Å². The Hall–Kier alpha value is -2.13. The van der Waals surface area contributed by atoms with Crippen molar-refractivity contribution >= 4 is 33.9 Å². The summed E-state index contributed by atoms with van der Waals surface area (Å²) in [6, 6.07) is 5.62. The summed E-state index contributed by atoms with van der Waals surface area (Å²) in [5.74, 6) is -1.34. The van der Waals surface area contributed by atoms with Gasteiger partial charge in [-0.25, -0.2) is 9.59 Å². The number of nitrogens with one attached hydrogen (secondary N) is 2. The average molecular weight is 487 g/mol. The fourth-order valence-electron chi connectivity index (χ4n) is 2.39. The van der Waals surface area contributed by atoms with Crippen LogP contribution in [0.2, 0.25) is 0 Å². The van der Waals surface area contributed by atoms with Gasteiger partial charge in [-0.2, -0.15) is 0 Å². The summed E-state index contributed by atoms with van der Waals surface area (Å²) in [7, 11) is 1.25. The lowest BCUT2D eigenvalue weighted by molar-refractivity contribution is -0.146. The molecule has 0 saturated carbocycles. The number of alkyl carbamates (subject to hydrolysis) is 1. The predicted molar refractivity (Wildman–Crippen MR) is 116 cm³/mol. The molecule has 0 heterocycles. The Labute approximate surface area is 186 Å². The van der Waals surface area contributed by atoms with Crippen molar-refractivity contribution in [3.63, 3.8) is 0 Å². The molecule has 30 heavy (non-hydrogen) atoms. The van der Waals surface area contributed by atoms with Crippen molar-refractivity contribution in [3.05, 3.63) is 34.3 Å². The molecule has 0 fully saturated rings. The number of hydrogen-bond donors (Lipinski definition) is 2. The summed E-state index contributed by atoms with van der Waals surface area (Å²) in [4.78, 5) is 36.9. The van der Waals surface area contributed by atoms with Crippen molar-refractivity contribution in [2.45, 2.75) is 58.9 Å². The van der Waals surface area contributed by atoms with E-state index in [2.05, 4.69) is 26.6 Å². The number of hydrogen-bond acceptors (Lipinski definition) is 6. The molecule has 0 unspecified atom stereocenters. The van der Waals surface area contributed by atoms with Gasteiger partial charge in [0.2, 0.25) is 5.91 Å². The Morgan fingerprint density at radius 2 is 1.67 bits per heavy atom. The number of esters is 1. The fourth-order valence-corrected chi connectivity index (χ4v) is 2.65. The van der Waals surface area contributed by atoms with E-state index in [1.165, 1.54) is 7.11 Å². The molecule has 0 spiro atoms. The largest absolute Gasteiger partial charge is 0.467 e. The van der Waals surface area contributed by atoms with E-state index in [0.717, 1.165) is 10.0 Å². The molecule has 0 aliphatic heterocycles. The molecule has 0 aliphatic carbocycles. The third kappa shape index (κ3) is 9.58. The summed E-state index contributed by atoms with van der Waals surface area (Å²) < 4.78 is 16.6. The lowest BCUT2D eigenvalue weighted by Crippen LogP contribution is -2.55. The van der Waals surface area contributed by atoms with Crippen molar-refractivity contribution in [1.82, 2.24) is 10.6 Å². The summed E-state index contributed by atoms with van der Waals surface area (Å²) in [5.41, 5.74) is 0.180. The van der Waals surface area contributed by atoms with Crippen LogP contribution in [-0.2, 0) is 30.4 Å². The van der Waals surface area contributed by atoms with Crippen LogP contribution in [0, 0.1) is 5.92 Å². The van der Waals surface area contributed by atoms with Crippen molar-refractivity contribution in [3.8, 4) is 0 Å². The van der Waals surface area contributed by atoms with Gasteiger partial charge in [0.05, 0.1) is 20.3 Å². The molecule has 2 atom stereocenters. The summed E-state index contributed by atoms with van der Waals surface area (Å²) in [6.07, 6.45) is -0.756. The number of halogens is 1. The molecule has 1 aromatic rings. The predicted octanol–water partition coefficient (Wildman–Crippen LogP) is 3.17. The average Bonchev–Trinajstić information content (AvgIpc) is 2.64. The van der Waals surface area contributed by atoms with Crippen molar-refractivity contribution < 1.29 is 28.6 Å². The molecule has 0 radical (unpaired) electrons. The number of carbonyl (C=O) groups is 3. The van der Waals surface area contributed by atoms with Crippen LogP contribution in [0.3, 0.4) is 0 Å². The van der Waals surface area contributed by atoms with E-state index in [9.17, 15) is 14.4 Å². The number of methoxy groups -OCH3 is 1. The van der Waals surface area contributed by atoms with E-state index in [4.69, 9.17) is 14.2 Å². The highest BCUT2D eigenvalue weighted by molar-refractivity contribution is 9.10. The minimum Gasteiger partial charge on any atom is -0.467 e. The molecule has 0 aromatic heterocycles.